The summed E-state index contributed by atoms with van der Waals surface area (Å²) in [6.07, 6.45) is 9.89. The van der Waals surface area contributed by atoms with E-state index in [1.807, 2.05) is 0 Å². The maximum absolute atomic E-state index is 5.66. The van der Waals surface area contributed by atoms with Crippen LogP contribution < -0.4 is 9.92 Å². The van der Waals surface area contributed by atoms with E-state index in [1.165, 1.54) is 56.7 Å². The zero-order valence-electron chi connectivity index (χ0n) is 15.6. The summed E-state index contributed by atoms with van der Waals surface area (Å²) in [7, 11) is -1.36. The molecule has 0 N–H and O–H groups in total. The lowest BCUT2D eigenvalue weighted by Gasteiger charge is -2.33. The van der Waals surface area contributed by atoms with Crippen LogP contribution in [0.1, 0.15) is 59.3 Å². The summed E-state index contributed by atoms with van der Waals surface area (Å²) < 4.78 is 5.66. The van der Waals surface area contributed by atoms with Crippen LogP contribution in [0, 0.1) is 0 Å². The van der Waals surface area contributed by atoms with E-state index in [0.29, 0.717) is 6.61 Å². The molecule has 0 aliphatic carbocycles. The molecule has 1 aromatic rings. The lowest BCUT2D eigenvalue weighted by Crippen LogP contribution is -2.47. The molecule has 1 aromatic carbocycles. The Bertz CT molecular complexity index is 402. The van der Waals surface area contributed by atoms with E-state index in [0.717, 1.165) is 5.75 Å². The van der Waals surface area contributed by atoms with Crippen LogP contribution in [0.25, 0.3) is 0 Å². The average molecular weight is 333 g/mol. The SMILES string of the molecule is C=CCOc1ccc([Si](CCCC)(CCCC)CCCC)cc1. The first-order valence-corrected chi connectivity index (χ1v) is 12.2. The van der Waals surface area contributed by atoms with E-state index < -0.39 is 8.07 Å². The van der Waals surface area contributed by atoms with Gasteiger partial charge in [0.2, 0.25) is 0 Å². The first-order chi connectivity index (χ1) is 11.2. The zero-order chi connectivity index (χ0) is 17.0. The van der Waals surface area contributed by atoms with Crippen LogP contribution in [0.4, 0.5) is 0 Å². The van der Waals surface area contributed by atoms with E-state index in [9.17, 15) is 0 Å². The standard InChI is InChI=1S/C21H36OSi/c1-5-9-17-23(18-10-6-2,19-11-7-3)21-14-12-20(13-15-21)22-16-8-4/h8,12-15H,4-7,9-11,16-19H2,1-3H3. The molecule has 0 aliphatic heterocycles. The second-order valence-corrected chi connectivity index (χ2v) is 11.4. The highest BCUT2D eigenvalue weighted by Gasteiger charge is 2.32. The lowest BCUT2D eigenvalue weighted by atomic mass is 10.3. The summed E-state index contributed by atoms with van der Waals surface area (Å²) in [6.45, 7) is 11.3. The molecule has 0 heterocycles. The van der Waals surface area contributed by atoms with Gasteiger partial charge in [-0.05, 0) is 12.1 Å². The van der Waals surface area contributed by atoms with Gasteiger partial charge in [0.05, 0.1) is 8.07 Å². The fourth-order valence-corrected chi connectivity index (χ4v) is 8.99. The van der Waals surface area contributed by atoms with Gasteiger partial charge in [-0.15, -0.1) is 0 Å². The van der Waals surface area contributed by atoms with Crippen molar-refractivity contribution in [1.29, 1.82) is 0 Å². The summed E-state index contributed by atoms with van der Waals surface area (Å²) in [5, 5.41) is 1.65. The van der Waals surface area contributed by atoms with Crippen LogP contribution in [-0.4, -0.2) is 14.7 Å². The van der Waals surface area contributed by atoms with Crippen molar-refractivity contribution in [2.75, 3.05) is 6.61 Å². The second-order valence-electron chi connectivity index (χ2n) is 6.72. The third-order valence-electron chi connectivity index (χ3n) is 4.86. The monoisotopic (exact) mass is 332 g/mol. The number of ether oxygens (including phenoxy) is 1. The number of benzene rings is 1. The highest BCUT2D eigenvalue weighted by Crippen LogP contribution is 2.29. The summed E-state index contributed by atoms with van der Waals surface area (Å²) >= 11 is 0. The Labute approximate surface area is 145 Å². The van der Waals surface area contributed by atoms with Crippen LogP contribution >= 0.6 is 0 Å². The molecule has 1 rings (SSSR count). The highest BCUT2D eigenvalue weighted by atomic mass is 28.3. The molecule has 2 heteroatoms. The predicted molar refractivity (Wildman–Crippen MR) is 107 cm³/mol. The Balaban J connectivity index is 3.00. The molecule has 0 bridgehead atoms. The minimum absolute atomic E-state index is 0.587. The summed E-state index contributed by atoms with van der Waals surface area (Å²) in [4.78, 5) is 0. The minimum atomic E-state index is -1.36. The quantitative estimate of drug-likeness (QED) is 0.304. The maximum atomic E-state index is 5.66. The van der Waals surface area contributed by atoms with Crippen molar-refractivity contribution in [3.8, 4) is 5.75 Å². The van der Waals surface area contributed by atoms with Crippen molar-refractivity contribution in [2.24, 2.45) is 0 Å². The van der Waals surface area contributed by atoms with Crippen molar-refractivity contribution in [2.45, 2.75) is 77.4 Å². The van der Waals surface area contributed by atoms with Crippen LogP contribution in [0.3, 0.4) is 0 Å². The third kappa shape index (κ3) is 6.54. The third-order valence-corrected chi connectivity index (χ3v) is 10.4. The average Bonchev–Trinajstić information content (AvgIpc) is 2.60. The van der Waals surface area contributed by atoms with Gasteiger partial charge in [-0.1, -0.05) is 107 Å². The van der Waals surface area contributed by atoms with E-state index in [2.05, 4.69) is 51.6 Å². The molecule has 0 radical (unpaired) electrons. The van der Waals surface area contributed by atoms with Crippen LogP contribution in [0.2, 0.25) is 18.1 Å². The molecule has 0 atom stereocenters. The van der Waals surface area contributed by atoms with Gasteiger partial charge in [0.15, 0.2) is 0 Å². The number of hydrogen-bond acceptors (Lipinski definition) is 1. The molecule has 0 aliphatic rings. The van der Waals surface area contributed by atoms with Crippen LogP contribution in [-0.2, 0) is 0 Å². The van der Waals surface area contributed by atoms with Crippen molar-refractivity contribution >= 4 is 13.3 Å². The van der Waals surface area contributed by atoms with Gasteiger partial charge in [0.25, 0.3) is 0 Å². The van der Waals surface area contributed by atoms with Crippen molar-refractivity contribution in [1.82, 2.24) is 0 Å². The van der Waals surface area contributed by atoms with Crippen molar-refractivity contribution < 1.29 is 4.74 Å². The summed E-state index contributed by atoms with van der Waals surface area (Å²) in [6, 6.07) is 13.4. The Hall–Kier alpha value is -1.02. The van der Waals surface area contributed by atoms with Gasteiger partial charge in [-0.2, -0.15) is 0 Å². The molecule has 0 spiro atoms. The van der Waals surface area contributed by atoms with E-state index >= 15 is 0 Å². The first kappa shape index (κ1) is 20.0. The summed E-state index contributed by atoms with van der Waals surface area (Å²) in [5.74, 6) is 0.970. The smallest absolute Gasteiger partial charge is 0.119 e. The molecule has 1 nitrogen and oxygen atoms in total. The van der Waals surface area contributed by atoms with E-state index in [1.54, 1.807) is 11.3 Å². The number of unbranched alkanes of at least 4 members (excludes halogenated alkanes) is 3. The fourth-order valence-electron chi connectivity index (χ4n) is 3.41. The largest absolute Gasteiger partial charge is 0.490 e. The van der Waals surface area contributed by atoms with Gasteiger partial charge < -0.3 is 4.74 Å². The van der Waals surface area contributed by atoms with Gasteiger partial charge in [0.1, 0.15) is 12.4 Å². The zero-order valence-corrected chi connectivity index (χ0v) is 16.6. The predicted octanol–water partition coefficient (Wildman–Crippen LogP) is 6.31. The molecule has 0 saturated carbocycles. The van der Waals surface area contributed by atoms with Crippen LogP contribution in [0.5, 0.6) is 5.75 Å². The lowest BCUT2D eigenvalue weighted by molar-refractivity contribution is 0.363. The van der Waals surface area contributed by atoms with Crippen LogP contribution in [0.15, 0.2) is 36.9 Å². The number of rotatable bonds is 13. The first-order valence-electron chi connectivity index (χ1n) is 9.56. The topological polar surface area (TPSA) is 9.23 Å². The Morgan fingerprint density at radius 3 is 1.74 bits per heavy atom. The minimum Gasteiger partial charge on any atom is -0.490 e. The molecule has 0 saturated heterocycles. The normalized spacial score (nSPS) is 11.4. The van der Waals surface area contributed by atoms with Gasteiger partial charge in [0, 0.05) is 0 Å². The molecule has 0 unspecified atom stereocenters. The van der Waals surface area contributed by atoms with Gasteiger partial charge >= 0.3 is 0 Å². The van der Waals surface area contributed by atoms with Crippen molar-refractivity contribution in [3.05, 3.63) is 36.9 Å². The number of hydrogen-bond donors (Lipinski definition) is 0. The Morgan fingerprint density at radius 1 is 0.870 bits per heavy atom. The maximum Gasteiger partial charge on any atom is 0.119 e. The molecule has 0 fully saturated rings. The Morgan fingerprint density at radius 2 is 1.35 bits per heavy atom. The Kier molecular flexibility index (Phi) is 10.0. The highest BCUT2D eigenvalue weighted by molar-refractivity contribution is 6.91. The van der Waals surface area contributed by atoms with Gasteiger partial charge in [-0.3, -0.25) is 0 Å². The summed E-state index contributed by atoms with van der Waals surface area (Å²) in [5.41, 5.74) is 0. The van der Waals surface area contributed by atoms with Gasteiger partial charge in [-0.25, -0.2) is 0 Å². The molecule has 130 valence electrons. The molecule has 0 aromatic heterocycles. The van der Waals surface area contributed by atoms with Crippen molar-refractivity contribution in [3.63, 3.8) is 0 Å². The van der Waals surface area contributed by atoms with E-state index in [-0.39, 0.29) is 0 Å². The fraction of sp³-hybridized carbons (Fsp3) is 0.619. The molecular weight excluding hydrogens is 296 g/mol. The van der Waals surface area contributed by atoms with E-state index in [4.69, 9.17) is 4.74 Å². The molecule has 23 heavy (non-hydrogen) atoms. The molecular formula is C21H36OSi. The molecule has 0 amide bonds. The second kappa shape index (κ2) is 11.5.